The molecule has 0 aliphatic heterocycles. The Morgan fingerprint density at radius 2 is 1.91 bits per heavy atom. The molecule has 0 aliphatic carbocycles. The van der Waals surface area contributed by atoms with Crippen molar-refractivity contribution in [2.75, 3.05) is 37.9 Å². The number of aromatic nitrogens is 2. The van der Waals surface area contributed by atoms with E-state index < -0.39 is 11.8 Å². The third-order valence-electron chi connectivity index (χ3n) is 4.60. The summed E-state index contributed by atoms with van der Waals surface area (Å²) >= 11 is 5.78. The van der Waals surface area contributed by atoms with Gasteiger partial charge in [-0.3, -0.25) is 4.68 Å². The van der Waals surface area contributed by atoms with Gasteiger partial charge in [0.25, 0.3) is 0 Å². The van der Waals surface area contributed by atoms with Crippen LogP contribution in [0.4, 0.5) is 20.6 Å². The second kappa shape index (κ2) is 10.3. The maximum absolute atomic E-state index is 14.4. The van der Waals surface area contributed by atoms with Gasteiger partial charge in [-0.2, -0.15) is 5.10 Å². The summed E-state index contributed by atoms with van der Waals surface area (Å²) in [5, 5.41) is 19.1. The number of rotatable bonds is 8. The molecule has 1 aromatic heterocycles. The highest BCUT2D eigenvalue weighted by Gasteiger charge is 2.17. The van der Waals surface area contributed by atoms with Gasteiger partial charge in [0.05, 0.1) is 17.8 Å². The monoisotopic (exact) mass is 461 g/mol. The first-order valence-electron chi connectivity index (χ1n) is 9.90. The smallest absolute Gasteiger partial charge is 0.323 e. The summed E-state index contributed by atoms with van der Waals surface area (Å²) in [6, 6.07) is 8.80. The third kappa shape index (κ3) is 5.89. The first-order valence-corrected chi connectivity index (χ1v) is 10.3. The third-order valence-corrected chi connectivity index (χ3v) is 4.92. The van der Waals surface area contributed by atoms with Crippen LogP contribution in [-0.4, -0.2) is 53.1 Å². The summed E-state index contributed by atoms with van der Waals surface area (Å²) < 4.78 is 21.8. The zero-order valence-electron chi connectivity index (χ0n) is 18.0. The van der Waals surface area contributed by atoms with Crippen LogP contribution in [0.1, 0.15) is 6.42 Å². The second-order valence-electron chi connectivity index (χ2n) is 7.43. The Morgan fingerprint density at radius 3 is 2.53 bits per heavy atom. The van der Waals surface area contributed by atoms with Gasteiger partial charge in [-0.15, -0.1) is 0 Å². The molecule has 32 heavy (non-hydrogen) atoms. The van der Waals surface area contributed by atoms with Gasteiger partial charge in [0, 0.05) is 36.6 Å². The number of phenolic OH excluding ortho intramolecular Hbond substituents is 1. The molecule has 2 amide bonds. The van der Waals surface area contributed by atoms with Gasteiger partial charge >= 0.3 is 6.03 Å². The Morgan fingerprint density at radius 1 is 1.22 bits per heavy atom. The molecule has 0 aliphatic rings. The standard InChI is InChI=1S/C22H25ClFN5O3/c1-28(2)9-4-10-32-20-8-6-14(11-16(20)21-18(24)13-25-29(21)3)26-22(31)27-15-5-7-17(23)19(30)12-15/h5-8,11-13,30H,4,9-10H2,1-3H3,(H2,26,27,31). The molecule has 0 saturated carbocycles. The Bertz CT molecular complexity index is 1080. The molecule has 2 aromatic carbocycles. The molecule has 3 aromatic rings. The number of ether oxygens (including phenoxy) is 1. The molecule has 3 N–H and O–H groups in total. The van der Waals surface area contributed by atoms with Gasteiger partial charge in [-0.05, 0) is 50.8 Å². The fraction of sp³-hybridized carbons (Fsp3) is 0.273. The number of aromatic hydroxyl groups is 1. The van der Waals surface area contributed by atoms with E-state index in [1.165, 1.54) is 16.8 Å². The van der Waals surface area contributed by atoms with E-state index in [0.29, 0.717) is 29.3 Å². The van der Waals surface area contributed by atoms with E-state index in [2.05, 4.69) is 20.6 Å². The lowest BCUT2D eigenvalue weighted by Gasteiger charge is -2.15. The largest absolute Gasteiger partial charge is 0.506 e. The lowest BCUT2D eigenvalue weighted by Crippen LogP contribution is -2.19. The molecule has 0 saturated heterocycles. The van der Waals surface area contributed by atoms with E-state index in [-0.39, 0.29) is 16.5 Å². The number of nitrogens with zero attached hydrogens (tertiary/aromatic N) is 3. The highest BCUT2D eigenvalue weighted by molar-refractivity contribution is 6.32. The molecule has 170 valence electrons. The number of aryl methyl sites for hydroxylation is 1. The Balaban J connectivity index is 1.80. The van der Waals surface area contributed by atoms with Gasteiger partial charge in [0.2, 0.25) is 0 Å². The topological polar surface area (TPSA) is 91.7 Å². The molecule has 0 radical (unpaired) electrons. The summed E-state index contributed by atoms with van der Waals surface area (Å²) in [6.07, 6.45) is 1.93. The summed E-state index contributed by atoms with van der Waals surface area (Å²) in [5.74, 6) is -0.155. The van der Waals surface area contributed by atoms with E-state index in [9.17, 15) is 14.3 Å². The maximum Gasteiger partial charge on any atom is 0.323 e. The maximum atomic E-state index is 14.4. The predicted molar refractivity (Wildman–Crippen MR) is 123 cm³/mol. The van der Waals surface area contributed by atoms with Crippen molar-refractivity contribution < 1.29 is 19.0 Å². The number of hydrogen-bond donors (Lipinski definition) is 3. The summed E-state index contributed by atoms with van der Waals surface area (Å²) in [5.41, 5.74) is 1.51. The minimum absolute atomic E-state index is 0.144. The number of urea groups is 1. The number of carbonyl (C=O) groups excluding carboxylic acids is 1. The minimum Gasteiger partial charge on any atom is -0.506 e. The van der Waals surface area contributed by atoms with Crippen molar-refractivity contribution in [2.24, 2.45) is 7.05 Å². The lowest BCUT2D eigenvalue weighted by molar-refractivity contribution is 0.262. The summed E-state index contributed by atoms with van der Waals surface area (Å²) in [6.45, 7) is 1.31. The van der Waals surface area contributed by atoms with Crippen LogP contribution >= 0.6 is 11.6 Å². The van der Waals surface area contributed by atoms with E-state index >= 15 is 0 Å². The number of hydrogen-bond acceptors (Lipinski definition) is 5. The van der Waals surface area contributed by atoms with Crippen molar-refractivity contribution in [3.05, 3.63) is 53.4 Å². The highest BCUT2D eigenvalue weighted by atomic mass is 35.5. The quantitative estimate of drug-likeness (QED) is 0.428. The minimum atomic E-state index is -0.539. The van der Waals surface area contributed by atoms with Crippen LogP contribution in [0.15, 0.2) is 42.6 Å². The van der Waals surface area contributed by atoms with Gasteiger partial charge in [0.1, 0.15) is 17.2 Å². The average Bonchev–Trinajstić information content (AvgIpc) is 3.06. The highest BCUT2D eigenvalue weighted by Crippen LogP contribution is 2.34. The van der Waals surface area contributed by atoms with Crippen molar-refractivity contribution in [3.8, 4) is 22.8 Å². The van der Waals surface area contributed by atoms with Crippen molar-refractivity contribution in [2.45, 2.75) is 6.42 Å². The van der Waals surface area contributed by atoms with E-state index in [0.717, 1.165) is 19.2 Å². The average molecular weight is 462 g/mol. The van der Waals surface area contributed by atoms with Crippen LogP contribution in [0, 0.1) is 5.82 Å². The SMILES string of the molecule is CN(C)CCCOc1ccc(NC(=O)Nc2ccc(Cl)c(O)c2)cc1-c1c(F)cnn1C. The summed E-state index contributed by atoms with van der Waals surface area (Å²) in [7, 11) is 5.59. The lowest BCUT2D eigenvalue weighted by atomic mass is 10.1. The fourth-order valence-electron chi connectivity index (χ4n) is 3.08. The molecule has 3 rings (SSSR count). The molecule has 10 heteroatoms. The number of benzene rings is 2. The van der Waals surface area contributed by atoms with Crippen molar-refractivity contribution >= 4 is 29.0 Å². The molecule has 1 heterocycles. The van der Waals surface area contributed by atoms with E-state index in [1.807, 2.05) is 14.1 Å². The van der Waals surface area contributed by atoms with Crippen LogP contribution in [0.2, 0.25) is 5.02 Å². The normalized spacial score (nSPS) is 10.9. The Hall–Kier alpha value is -3.30. The van der Waals surface area contributed by atoms with Crippen LogP contribution in [-0.2, 0) is 7.05 Å². The predicted octanol–water partition coefficient (Wildman–Crippen LogP) is 4.56. The number of carbonyl (C=O) groups is 1. The fourth-order valence-corrected chi connectivity index (χ4v) is 3.20. The second-order valence-corrected chi connectivity index (χ2v) is 7.83. The van der Waals surface area contributed by atoms with Crippen LogP contribution in [0.25, 0.3) is 11.3 Å². The van der Waals surface area contributed by atoms with Crippen LogP contribution in [0.3, 0.4) is 0 Å². The number of amides is 2. The number of anilines is 2. The molecule has 8 nitrogen and oxygen atoms in total. The van der Waals surface area contributed by atoms with Crippen molar-refractivity contribution in [3.63, 3.8) is 0 Å². The van der Waals surface area contributed by atoms with Gasteiger partial charge in [-0.25, -0.2) is 9.18 Å². The molecule has 0 spiro atoms. The van der Waals surface area contributed by atoms with Gasteiger partial charge in [0.15, 0.2) is 5.82 Å². The molecular weight excluding hydrogens is 437 g/mol. The van der Waals surface area contributed by atoms with Gasteiger partial charge < -0.3 is 25.4 Å². The molecule has 0 bridgehead atoms. The first kappa shape index (κ1) is 23.4. The van der Waals surface area contributed by atoms with Crippen LogP contribution in [0.5, 0.6) is 11.5 Å². The van der Waals surface area contributed by atoms with E-state index in [4.69, 9.17) is 16.3 Å². The van der Waals surface area contributed by atoms with E-state index in [1.54, 1.807) is 31.3 Å². The van der Waals surface area contributed by atoms with Crippen LogP contribution < -0.4 is 15.4 Å². The first-order chi connectivity index (χ1) is 15.2. The summed E-state index contributed by atoms with van der Waals surface area (Å²) in [4.78, 5) is 14.5. The molecular formula is C22H25ClFN5O3. The number of nitrogens with one attached hydrogen (secondary N) is 2. The number of halogens is 2. The van der Waals surface area contributed by atoms with Crippen molar-refractivity contribution in [1.29, 1.82) is 0 Å². The molecule has 0 fully saturated rings. The van der Waals surface area contributed by atoms with Crippen molar-refractivity contribution in [1.82, 2.24) is 14.7 Å². The Labute approximate surface area is 190 Å². The zero-order valence-corrected chi connectivity index (χ0v) is 18.8. The molecule has 0 unspecified atom stereocenters. The zero-order chi connectivity index (χ0) is 23.3. The number of phenols is 1. The Kier molecular flexibility index (Phi) is 7.55. The van der Waals surface area contributed by atoms with Gasteiger partial charge in [-0.1, -0.05) is 11.6 Å². The molecule has 0 atom stereocenters.